The summed E-state index contributed by atoms with van der Waals surface area (Å²) >= 11 is 0. The third kappa shape index (κ3) is 1.81. The Labute approximate surface area is 87.7 Å². The molecule has 0 fully saturated rings. The van der Waals surface area contributed by atoms with Gasteiger partial charge in [-0.25, -0.2) is 9.07 Å². The summed E-state index contributed by atoms with van der Waals surface area (Å²) in [5.41, 5.74) is 2.68. The van der Waals surface area contributed by atoms with Gasteiger partial charge in [-0.1, -0.05) is 12.7 Å². The summed E-state index contributed by atoms with van der Waals surface area (Å²) in [4.78, 5) is 0. The lowest BCUT2D eigenvalue weighted by Crippen LogP contribution is -1.97. The normalized spacial score (nSPS) is 10.3. The molecule has 2 aromatic rings. The number of aromatic nitrogens is 2. The van der Waals surface area contributed by atoms with E-state index in [-0.39, 0.29) is 5.82 Å². The van der Waals surface area contributed by atoms with Gasteiger partial charge >= 0.3 is 0 Å². The average Bonchev–Trinajstić information content (AvgIpc) is 2.66. The zero-order valence-electron chi connectivity index (χ0n) is 8.44. The van der Waals surface area contributed by atoms with Gasteiger partial charge in [-0.2, -0.15) is 5.10 Å². The van der Waals surface area contributed by atoms with Gasteiger partial charge < -0.3 is 0 Å². The van der Waals surface area contributed by atoms with Crippen LogP contribution in [0.5, 0.6) is 0 Å². The van der Waals surface area contributed by atoms with Crippen LogP contribution in [0, 0.1) is 12.7 Å². The third-order valence-electron chi connectivity index (χ3n) is 2.24. The minimum absolute atomic E-state index is 0.229. The molecule has 0 N–H and O–H groups in total. The Morgan fingerprint density at radius 1 is 1.47 bits per heavy atom. The van der Waals surface area contributed by atoms with Gasteiger partial charge in [-0.3, -0.25) is 0 Å². The van der Waals surface area contributed by atoms with Gasteiger partial charge in [-0.05, 0) is 30.7 Å². The molecule has 3 heteroatoms. The van der Waals surface area contributed by atoms with Gasteiger partial charge in [0.05, 0.1) is 11.9 Å². The van der Waals surface area contributed by atoms with E-state index in [0.29, 0.717) is 0 Å². The first-order chi connectivity index (χ1) is 7.20. The second kappa shape index (κ2) is 3.69. The highest BCUT2D eigenvalue weighted by atomic mass is 19.1. The molecule has 1 aromatic heterocycles. The molecule has 0 bridgehead atoms. The molecule has 15 heavy (non-hydrogen) atoms. The van der Waals surface area contributed by atoms with E-state index < -0.39 is 0 Å². The van der Waals surface area contributed by atoms with E-state index in [1.165, 1.54) is 12.1 Å². The van der Waals surface area contributed by atoms with Crippen molar-refractivity contribution in [3.63, 3.8) is 0 Å². The van der Waals surface area contributed by atoms with Gasteiger partial charge in [0.15, 0.2) is 0 Å². The third-order valence-corrected chi connectivity index (χ3v) is 2.24. The topological polar surface area (TPSA) is 17.8 Å². The summed E-state index contributed by atoms with van der Waals surface area (Å²) in [6, 6.07) is 4.63. The summed E-state index contributed by atoms with van der Waals surface area (Å²) in [5.74, 6) is -0.229. The second-order valence-corrected chi connectivity index (χ2v) is 3.35. The van der Waals surface area contributed by atoms with Crippen LogP contribution in [0.1, 0.15) is 11.1 Å². The van der Waals surface area contributed by atoms with Gasteiger partial charge in [-0.15, -0.1) is 0 Å². The van der Waals surface area contributed by atoms with Crippen LogP contribution in [-0.2, 0) is 0 Å². The summed E-state index contributed by atoms with van der Waals surface area (Å²) in [6.45, 7) is 5.52. The molecule has 0 aliphatic heterocycles. The molecule has 0 amide bonds. The molecule has 1 heterocycles. The van der Waals surface area contributed by atoms with Gasteiger partial charge in [0.1, 0.15) is 5.82 Å². The Kier molecular flexibility index (Phi) is 2.37. The monoisotopic (exact) mass is 202 g/mol. The number of rotatable bonds is 2. The van der Waals surface area contributed by atoms with Crippen LogP contribution in [0.4, 0.5) is 4.39 Å². The fourth-order valence-corrected chi connectivity index (χ4v) is 1.45. The van der Waals surface area contributed by atoms with Crippen molar-refractivity contribution in [3.05, 3.63) is 54.1 Å². The molecule has 1 aromatic carbocycles. The predicted octanol–water partition coefficient (Wildman–Crippen LogP) is 2.96. The number of aryl methyl sites for hydroxylation is 1. The largest absolute Gasteiger partial charge is 0.240 e. The molecule has 0 unspecified atom stereocenters. The smallest absolute Gasteiger partial charge is 0.123 e. The van der Waals surface area contributed by atoms with Crippen LogP contribution in [0.15, 0.2) is 37.2 Å². The maximum atomic E-state index is 12.9. The molecule has 0 aliphatic rings. The molecule has 76 valence electrons. The van der Waals surface area contributed by atoms with Crippen LogP contribution in [-0.4, -0.2) is 9.78 Å². The lowest BCUT2D eigenvalue weighted by molar-refractivity contribution is 0.625. The van der Waals surface area contributed by atoms with Gasteiger partial charge in [0.2, 0.25) is 0 Å². The van der Waals surface area contributed by atoms with Crippen LogP contribution < -0.4 is 0 Å². The Balaban J connectivity index is 2.49. The van der Waals surface area contributed by atoms with Crippen molar-refractivity contribution in [3.8, 4) is 5.69 Å². The van der Waals surface area contributed by atoms with E-state index in [0.717, 1.165) is 16.8 Å². The number of benzene rings is 1. The van der Waals surface area contributed by atoms with E-state index in [4.69, 9.17) is 0 Å². The number of halogens is 1. The van der Waals surface area contributed by atoms with Crippen LogP contribution in [0.3, 0.4) is 0 Å². The Hall–Kier alpha value is -1.90. The highest BCUT2D eigenvalue weighted by molar-refractivity contribution is 5.47. The summed E-state index contributed by atoms with van der Waals surface area (Å²) in [7, 11) is 0. The summed E-state index contributed by atoms with van der Waals surface area (Å²) < 4.78 is 14.6. The van der Waals surface area contributed by atoms with Crippen molar-refractivity contribution in [1.82, 2.24) is 9.78 Å². The maximum absolute atomic E-state index is 12.9. The first-order valence-electron chi connectivity index (χ1n) is 4.64. The quantitative estimate of drug-likeness (QED) is 0.732. The Morgan fingerprint density at radius 3 is 2.87 bits per heavy atom. The number of hydrogen-bond donors (Lipinski definition) is 0. The van der Waals surface area contributed by atoms with Gasteiger partial charge in [0.25, 0.3) is 0 Å². The first kappa shape index (κ1) is 9.65. The van der Waals surface area contributed by atoms with Gasteiger partial charge in [0, 0.05) is 11.8 Å². The van der Waals surface area contributed by atoms with Crippen molar-refractivity contribution < 1.29 is 4.39 Å². The molecular formula is C12H11FN2. The van der Waals surface area contributed by atoms with Crippen LogP contribution >= 0.6 is 0 Å². The van der Waals surface area contributed by atoms with Crippen molar-refractivity contribution >= 4 is 6.08 Å². The molecule has 0 radical (unpaired) electrons. The number of hydrogen-bond acceptors (Lipinski definition) is 1. The van der Waals surface area contributed by atoms with E-state index in [1.54, 1.807) is 23.0 Å². The minimum Gasteiger partial charge on any atom is -0.240 e. The van der Waals surface area contributed by atoms with E-state index >= 15 is 0 Å². The lowest BCUT2D eigenvalue weighted by atomic mass is 10.2. The maximum Gasteiger partial charge on any atom is 0.123 e. The number of nitrogens with zero attached hydrogens (tertiary/aromatic N) is 2. The molecule has 0 saturated heterocycles. The van der Waals surface area contributed by atoms with E-state index in [1.807, 2.05) is 13.1 Å². The van der Waals surface area contributed by atoms with E-state index in [2.05, 4.69) is 11.7 Å². The fourth-order valence-electron chi connectivity index (χ4n) is 1.45. The Bertz CT molecular complexity index is 500. The molecule has 0 spiro atoms. The summed E-state index contributed by atoms with van der Waals surface area (Å²) in [6.07, 6.45) is 5.30. The van der Waals surface area contributed by atoms with Crippen molar-refractivity contribution in [2.45, 2.75) is 6.92 Å². The predicted molar refractivity (Wildman–Crippen MR) is 58.4 cm³/mol. The first-order valence-corrected chi connectivity index (χ1v) is 4.64. The average molecular weight is 202 g/mol. The molecule has 0 atom stereocenters. The highest BCUT2D eigenvalue weighted by Gasteiger charge is 2.03. The lowest BCUT2D eigenvalue weighted by Gasteiger charge is -2.04. The van der Waals surface area contributed by atoms with Crippen LogP contribution in [0.2, 0.25) is 0 Å². The zero-order valence-corrected chi connectivity index (χ0v) is 8.44. The minimum atomic E-state index is -0.229. The molecule has 2 nitrogen and oxygen atoms in total. The zero-order chi connectivity index (χ0) is 10.8. The van der Waals surface area contributed by atoms with Crippen molar-refractivity contribution in [2.75, 3.05) is 0 Å². The summed E-state index contributed by atoms with van der Waals surface area (Å²) in [5, 5.41) is 4.17. The molecule has 0 aliphatic carbocycles. The standard InChI is InChI=1S/C12H11FN2/c1-3-10-7-14-15(8-10)12-5-4-11(13)6-9(12)2/h3-8H,1H2,2H3. The highest BCUT2D eigenvalue weighted by Crippen LogP contribution is 2.15. The molecule has 0 saturated carbocycles. The molecular weight excluding hydrogens is 191 g/mol. The fraction of sp³-hybridized carbons (Fsp3) is 0.0833. The van der Waals surface area contributed by atoms with Crippen molar-refractivity contribution in [1.29, 1.82) is 0 Å². The molecule has 2 rings (SSSR count). The van der Waals surface area contributed by atoms with Crippen molar-refractivity contribution in [2.24, 2.45) is 0 Å². The van der Waals surface area contributed by atoms with Crippen LogP contribution in [0.25, 0.3) is 11.8 Å². The Morgan fingerprint density at radius 2 is 2.27 bits per heavy atom. The van der Waals surface area contributed by atoms with E-state index in [9.17, 15) is 4.39 Å². The second-order valence-electron chi connectivity index (χ2n) is 3.35. The SMILES string of the molecule is C=Cc1cnn(-c2ccc(F)cc2C)c1.